The van der Waals surface area contributed by atoms with E-state index < -0.39 is 11.7 Å². The summed E-state index contributed by atoms with van der Waals surface area (Å²) in [7, 11) is 1.37. The van der Waals surface area contributed by atoms with Crippen LogP contribution in [0.15, 0.2) is 24.3 Å². The minimum absolute atomic E-state index is 0.230. The highest BCUT2D eigenvalue weighted by atomic mass is 16.6. The molecule has 0 fully saturated rings. The summed E-state index contributed by atoms with van der Waals surface area (Å²) >= 11 is 0. The average Bonchev–Trinajstić information content (AvgIpc) is 2.51. The van der Waals surface area contributed by atoms with Crippen LogP contribution in [0.3, 0.4) is 0 Å². The number of hydrogen-bond acceptors (Lipinski definition) is 5. The van der Waals surface area contributed by atoms with Crippen molar-refractivity contribution in [1.29, 1.82) is 0 Å². The van der Waals surface area contributed by atoms with Gasteiger partial charge in [0.25, 0.3) is 0 Å². The van der Waals surface area contributed by atoms with E-state index in [-0.39, 0.29) is 5.97 Å². The summed E-state index contributed by atoms with van der Waals surface area (Å²) < 4.78 is 15.3. The third kappa shape index (κ3) is 9.02. The minimum atomic E-state index is -0.489. The van der Waals surface area contributed by atoms with Crippen molar-refractivity contribution in [2.24, 2.45) is 0 Å². The molecule has 0 aliphatic heterocycles. The highest BCUT2D eigenvalue weighted by Gasteiger charge is 2.15. The second kappa shape index (κ2) is 9.80. The van der Waals surface area contributed by atoms with Gasteiger partial charge in [-0.05, 0) is 51.3 Å². The van der Waals surface area contributed by atoms with Gasteiger partial charge in [-0.25, -0.2) is 4.79 Å². The molecule has 1 rings (SSSR count). The second-order valence-corrected chi connectivity index (χ2v) is 6.35. The fraction of sp³-hybridized carbons (Fsp3) is 0.556. The van der Waals surface area contributed by atoms with Gasteiger partial charge in [0.15, 0.2) is 0 Å². The average molecular weight is 337 g/mol. The molecule has 24 heavy (non-hydrogen) atoms. The number of benzene rings is 1. The first-order valence-electron chi connectivity index (χ1n) is 8.05. The molecule has 0 aliphatic carbocycles. The molecular weight excluding hydrogens is 310 g/mol. The number of amides is 1. The Morgan fingerprint density at radius 1 is 1.12 bits per heavy atom. The molecule has 6 nitrogen and oxygen atoms in total. The van der Waals surface area contributed by atoms with E-state index in [0.717, 1.165) is 11.3 Å². The monoisotopic (exact) mass is 337 g/mol. The van der Waals surface area contributed by atoms with Gasteiger partial charge in [-0.3, -0.25) is 4.79 Å². The van der Waals surface area contributed by atoms with E-state index >= 15 is 0 Å². The maximum atomic E-state index is 11.5. The Balaban J connectivity index is 2.25. The number of nitrogens with one attached hydrogen (secondary N) is 1. The molecule has 1 aromatic carbocycles. The summed E-state index contributed by atoms with van der Waals surface area (Å²) in [5.41, 5.74) is 0.602. The van der Waals surface area contributed by atoms with Gasteiger partial charge in [-0.15, -0.1) is 0 Å². The quantitative estimate of drug-likeness (QED) is 0.583. The van der Waals surface area contributed by atoms with E-state index in [2.05, 4.69) is 10.1 Å². The number of esters is 1. The molecule has 0 saturated carbocycles. The van der Waals surface area contributed by atoms with Crippen LogP contribution in [0.2, 0.25) is 0 Å². The van der Waals surface area contributed by atoms with Gasteiger partial charge in [0.2, 0.25) is 0 Å². The molecule has 1 N–H and O–H groups in total. The van der Waals surface area contributed by atoms with Crippen LogP contribution in [0.1, 0.15) is 39.2 Å². The van der Waals surface area contributed by atoms with Crippen molar-refractivity contribution in [2.75, 3.05) is 20.3 Å². The topological polar surface area (TPSA) is 73.9 Å². The van der Waals surface area contributed by atoms with Crippen LogP contribution in [0.25, 0.3) is 0 Å². The summed E-state index contributed by atoms with van der Waals surface area (Å²) in [6.07, 6.45) is 1.27. The summed E-state index contributed by atoms with van der Waals surface area (Å²) in [4.78, 5) is 22.5. The van der Waals surface area contributed by atoms with E-state index in [1.807, 2.05) is 45.0 Å². The maximum Gasteiger partial charge on any atom is 0.407 e. The standard InChI is InChI=1S/C18H27NO5/c1-18(2,3)24-17(21)19-12-11-14-7-9-15(10-8-14)23-13-5-6-16(20)22-4/h7-10H,5-6,11-13H2,1-4H3,(H,19,21). The van der Waals surface area contributed by atoms with Crippen molar-refractivity contribution < 1.29 is 23.8 Å². The SMILES string of the molecule is COC(=O)CCCOc1ccc(CCNC(=O)OC(C)(C)C)cc1. The van der Waals surface area contributed by atoms with Crippen LogP contribution in [0.5, 0.6) is 5.75 Å². The van der Waals surface area contributed by atoms with Gasteiger partial charge in [0.05, 0.1) is 13.7 Å². The molecule has 1 aromatic rings. The molecular formula is C18H27NO5. The summed E-state index contributed by atoms with van der Waals surface area (Å²) in [5.74, 6) is 0.523. The number of rotatable bonds is 8. The van der Waals surface area contributed by atoms with Gasteiger partial charge in [-0.1, -0.05) is 12.1 Å². The van der Waals surface area contributed by atoms with Crippen molar-refractivity contribution in [3.05, 3.63) is 29.8 Å². The van der Waals surface area contributed by atoms with Crippen LogP contribution in [-0.2, 0) is 20.7 Å². The molecule has 0 aromatic heterocycles. The third-order valence-corrected chi connectivity index (χ3v) is 3.03. The van der Waals surface area contributed by atoms with Crippen molar-refractivity contribution in [1.82, 2.24) is 5.32 Å². The summed E-state index contributed by atoms with van der Waals surface area (Å²) in [6, 6.07) is 7.65. The zero-order valence-corrected chi connectivity index (χ0v) is 14.9. The largest absolute Gasteiger partial charge is 0.494 e. The molecule has 1 amide bonds. The highest BCUT2D eigenvalue weighted by Crippen LogP contribution is 2.13. The molecule has 6 heteroatoms. The molecule has 0 aliphatic rings. The van der Waals surface area contributed by atoms with E-state index in [4.69, 9.17) is 9.47 Å². The molecule has 0 unspecified atom stereocenters. The van der Waals surface area contributed by atoms with Crippen LogP contribution in [-0.4, -0.2) is 37.9 Å². The Morgan fingerprint density at radius 2 is 1.79 bits per heavy atom. The Kier molecular flexibility index (Phi) is 8.09. The van der Waals surface area contributed by atoms with Crippen molar-refractivity contribution >= 4 is 12.1 Å². The van der Waals surface area contributed by atoms with Crippen molar-refractivity contribution in [2.45, 2.75) is 45.6 Å². The van der Waals surface area contributed by atoms with E-state index in [0.29, 0.717) is 32.4 Å². The zero-order valence-electron chi connectivity index (χ0n) is 14.9. The number of ether oxygens (including phenoxy) is 3. The van der Waals surface area contributed by atoms with Gasteiger partial charge in [0, 0.05) is 13.0 Å². The second-order valence-electron chi connectivity index (χ2n) is 6.35. The van der Waals surface area contributed by atoms with E-state index in [9.17, 15) is 9.59 Å². The number of methoxy groups -OCH3 is 1. The normalized spacial score (nSPS) is 10.8. The first-order chi connectivity index (χ1) is 11.3. The first-order valence-corrected chi connectivity index (χ1v) is 8.05. The van der Waals surface area contributed by atoms with Gasteiger partial charge >= 0.3 is 12.1 Å². The number of carbonyl (C=O) groups is 2. The van der Waals surface area contributed by atoms with Crippen LogP contribution in [0, 0.1) is 0 Å². The highest BCUT2D eigenvalue weighted by molar-refractivity contribution is 5.69. The first kappa shape index (κ1) is 19.8. The Morgan fingerprint density at radius 3 is 2.38 bits per heavy atom. The van der Waals surface area contributed by atoms with Gasteiger partial charge in [-0.2, -0.15) is 0 Å². The van der Waals surface area contributed by atoms with Crippen molar-refractivity contribution in [3.63, 3.8) is 0 Å². The summed E-state index contributed by atoms with van der Waals surface area (Å²) in [5, 5.41) is 2.72. The molecule has 0 saturated heterocycles. The van der Waals surface area contributed by atoms with Crippen LogP contribution >= 0.6 is 0 Å². The summed E-state index contributed by atoms with van der Waals surface area (Å²) in [6.45, 7) is 6.46. The maximum absolute atomic E-state index is 11.5. The molecule has 0 spiro atoms. The zero-order chi connectivity index (χ0) is 18.0. The fourth-order valence-electron chi connectivity index (χ4n) is 1.88. The van der Waals surface area contributed by atoms with Crippen LogP contribution < -0.4 is 10.1 Å². The lowest BCUT2D eigenvalue weighted by molar-refractivity contribution is -0.140. The molecule has 134 valence electrons. The molecule has 0 bridgehead atoms. The molecule has 0 radical (unpaired) electrons. The van der Waals surface area contributed by atoms with Gasteiger partial charge < -0.3 is 19.5 Å². The lowest BCUT2D eigenvalue weighted by Crippen LogP contribution is -2.33. The Bertz CT molecular complexity index is 519. The van der Waals surface area contributed by atoms with Gasteiger partial charge in [0.1, 0.15) is 11.4 Å². The number of carbonyl (C=O) groups excluding carboxylic acids is 2. The number of alkyl carbamates (subject to hydrolysis) is 1. The molecule has 0 atom stereocenters. The lowest BCUT2D eigenvalue weighted by Gasteiger charge is -2.19. The molecule has 0 heterocycles. The lowest BCUT2D eigenvalue weighted by atomic mass is 10.1. The minimum Gasteiger partial charge on any atom is -0.494 e. The van der Waals surface area contributed by atoms with E-state index in [1.165, 1.54) is 7.11 Å². The van der Waals surface area contributed by atoms with Crippen molar-refractivity contribution in [3.8, 4) is 5.75 Å². The predicted molar refractivity (Wildman–Crippen MR) is 91.1 cm³/mol. The smallest absolute Gasteiger partial charge is 0.407 e. The Hall–Kier alpha value is -2.24. The number of hydrogen-bond donors (Lipinski definition) is 1. The Labute approximate surface area is 143 Å². The third-order valence-electron chi connectivity index (χ3n) is 3.03. The predicted octanol–water partition coefficient (Wildman–Crippen LogP) is 3.09. The van der Waals surface area contributed by atoms with Crippen LogP contribution in [0.4, 0.5) is 4.79 Å². The van der Waals surface area contributed by atoms with E-state index in [1.54, 1.807) is 0 Å². The fourth-order valence-corrected chi connectivity index (χ4v) is 1.88.